The van der Waals surface area contributed by atoms with E-state index < -0.39 is 5.82 Å². The van der Waals surface area contributed by atoms with Gasteiger partial charge >= 0.3 is 6.03 Å². The van der Waals surface area contributed by atoms with Crippen molar-refractivity contribution in [2.24, 2.45) is 5.92 Å². The summed E-state index contributed by atoms with van der Waals surface area (Å²) in [5.41, 5.74) is 0.651. The molecule has 1 aliphatic rings. The predicted octanol–water partition coefficient (Wildman–Crippen LogP) is 3.95. The van der Waals surface area contributed by atoms with Crippen LogP contribution in [-0.4, -0.2) is 48.9 Å². The fraction of sp³-hybridized carbons (Fsp3) is 0.333. The highest BCUT2D eigenvalue weighted by atomic mass is 19.1. The molecule has 1 saturated heterocycles. The quantitative estimate of drug-likeness (QED) is 0.867. The van der Waals surface area contributed by atoms with E-state index in [9.17, 15) is 14.0 Å². The number of anilines is 1. The lowest BCUT2D eigenvalue weighted by Crippen LogP contribution is -2.45. The Bertz CT molecular complexity index is 831. The van der Waals surface area contributed by atoms with E-state index in [2.05, 4.69) is 5.32 Å². The third-order valence-electron chi connectivity index (χ3n) is 4.71. The number of hydrogen-bond acceptors (Lipinski definition) is 3. The number of para-hydroxylation sites is 1. The van der Waals surface area contributed by atoms with Crippen LogP contribution in [0.3, 0.4) is 0 Å². The molecule has 148 valence electrons. The average Bonchev–Trinajstić information content (AvgIpc) is 2.70. The lowest BCUT2D eigenvalue weighted by atomic mass is 9.96. The highest BCUT2D eigenvalue weighted by molar-refractivity contribution is 5.92. The Morgan fingerprint density at radius 2 is 1.71 bits per heavy atom. The third-order valence-corrected chi connectivity index (χ3v) is 4.71. The molecule has 0 aliphatic carbocycles. The molecule has 1 N–H and O–H groups in total. The van der Waals surface area contributed by atoms with Crippen LogP contribution in [0.4, 0.5) is 14.9 Å². The lowest BCUT2D eigenvalue weighted by Gasteiger charge is -2.33. The minimum Gasteiger partial charge on any atom is -0.454 e. The van der Waals surface area contributed by atoms with Gasteiger partial charge < -0.3 is 19.9 Å². The molecule has 1 aliphatic heterocycles. The van der Waals surface area contributed by atoms with Gasteiger partial charge in [0.1, 0.15) is 5.75 Å². The molecular weight excluding hydrogens is 361 g/mol. The van der Waals surface area contributed by atoms with Gasteiger partial charge in [-0.3, -0.25) is 4.79 Å². The minimum atomic E-state index is -0.432. The van der Waals surface area contributed by atoms with E-state index >= 15 is 0 Å². The smallest absolute Gasteiger partial charge is 0.319 e. The van der Waals surface area contributed by atoms with E-state index in [1.807, 2.05) is 0 Å². The van der Waals surface area contributed by atoms with Gasteiger partial charge in [0.05, 0.1) is 0 Å². The van der Waals surface area contributed by atoms with E-state index in [1.165, 1.54) is 6.07 Å². The zero-order valence-electron chi connectivity index (χ0n) is 16.0. The third kappa shape index (κ3) is 4.79. The first-order chi connectivity index (χ1) is 13.4. The van der Waals surface area contributed by atoms with E-state index in [1.54, 1.807) is 66.4 Å². The maximum atomic E-state index is 13.6. The molecule has 1 heterocycles. The van der Waals surface area contributed by atoms with Crippen molar-refractivity contribution >= 4 is 17.6 Å². The molecule has 1 fully saturated rings. The first kappa shape index (κ1) is 19.7. The molecule has 3 rings (SSSR count). The van der Waals surface area contributed by atoms with Crippen molar-refractivity contribution in [2.75, 3.05) is 32.5 Å². The standard InChI is InChI=1S/C21H24FN3O3/c1-24(2)21(27)25-13-11-15(12-14-25)20(26)23-16-7-9-17(10-8-16)28-19-6-4-3-5-18(19)22/h3-10,15H,11-14H2,1-2H3,(H,23,26). The van der Waals surface area contributed by atoms with Crippen LogP contribution >= 0.6 is 0 Å². The number of benzene rings is 2. The molecule has 0 bridgehead atoms. The number of nitrogens with zero attached hydrogens (tertiary/aromatic N) is 2. The topological polar surface area (TPSA) is 61.9 Å². The van der Waals surface area contributed by atoms with Crippen molar-refractivity contribution in [3.05, 3.63) is 54.3 Å². The van der Waals surface area contributed by atoms with Crippen LogP contribution in [0.25, 0.3) is 0 Å². The molecule has 2 aromatic rings. The number of amides is 3. The Labute approximate surface area is 163 Å². The number of likely N-dealkylation sites (tertiary alicyclic amines) is 1. The maximum absolute atomic E-state index is 13.6. The monoisotopic (exact) mass is 385 g/mol. The van der Waals surface area contributed by atoms with Crippen molar-refractivity contribution in [1.29, 1.82) is 0 Å². The van der Waals surface area contributed by atoms with E-state index in [0.29, 0.717) is 37.4 Å². The number of carbonyl (C=O) groups is 2. The van der Waals surface area contributed by atoms with Crippen molar-refractivity contribution in [2.45, 2.75) is 12.8 Å². The van der Waals surface area contributed by atoms with Crippen LogP contribution in [0.5, 0.6) is 11.5 Å². The number of ether oxygens (including phenoxy) is 1. The molecule has 7 heteroatoms. The SMILES string of the molecule is CN(C)C(=O)N1CCC(C(=O)Nc2ccc(Oc3ccccc3F)cc2)CC1. The van der Waals surface area contributed by atoms with E-state index in [-0.39, 0.29) is 23.6 Å². The number of halogens is 1. The largest absolute Gasteiger partial charge is 0.454 e. The van der Waals surface area contributed by atoms with Crippen molar-refractivity contribution < 1.29 is 18.7 Å². The summed E-state index contributed by atoms with van der Waals surface area (Å²) in [6.45, 7) is 1.15. The fourth-order valence-corrected chi connectivity index (χ4v) is 3.12. The van der Waals surface area contributed by atoms with Gasteiger partial charge in [0.15, 0.2) is 11.6 Å². The number of hydrogen-bond donors (Lipinski definition) is 1. The number of rotatable bonds is 4. The summed E-state index contributed by atoms with van der Waals surface area (Å²) < 4.78 is 19.2. The zero-order valence-corrected chi connectivity index (χ0v) is 16.0. The molecule has 28 heavy (non-hydrogen) atoms. The zero-order chi connectivity index (χ0) is 20.1. The lowest BCUT2D eigenvalue weighted by molar-refractivity contribution is -0.121. The number of piperidine rings is 1. The molecule has 0 spiro atoms. The number of nitrogens with one attached hydrogen (secondary N) is 1. The van der Waals surface area contributed by atoms with Crippen LogP contribution < -0.4 is 10.1 Å². The van der Waals surface area contributed by atoms with Gasteiger partial charge in [-0.1, -0.05) is 12.1 Å². The second-order valence-electron chi connectivity index (χ2n) is 6.98. The molecule has 2 aromatic carbocycles. The van der Waals surface area contributed by atoms with Crippen molar-refractivity contribution in [1.82, 2.24) is 9.80 Å². The minimum absolute atomic E-state index is 0.0238. The first-order valence-electron chi connectivity index (χ1n) is 9.23. The van der Waals surface area contributed by atoms with Gasteiger partial charge in [-0.05, 0) is 49.2 Å². The average molecular weight is 385 g/mol. The highest BCUT2D eigenvalue weighted by Crippen LogP contribution is 2.26. The highest BCUT2D eigenvalue weighted by Gasteiger charge is 2.28. The van der Waals surface area contributed by atoms with Crippen LogP contribution in [0.15, 0.2) is 48.5 Å². The predicted molar refractivity (Wildman–Crippen MR) is 105 cm³/mol. The Hall–Kier alpha value is -3.09. The second-order valence-corrected chi connectivity index (χ2v) is 6.98. The molecule has 0 radical (unpaired) electrons. The molecule has 6 nitrogen and oxygen atoms in total. The van der Waals surface area contributed by atoms with Crippen molar-refractivity contribution in [3.8, 4) is 11.5 Å². The second kappa shape index (κ2) is 8.73. The summed E-state index contributed by atoms with van der Waals surface area (Å²) in [6, 6.07) is 13.0. The Morgan fingerprint density at radius 1 is 1.07 bits per heavy atom. The van der Waals surface area contributed by atoms with E-state index in [4.69, 9.17) is 4.74 Å². The van der Waals surface area contributed by atoms with Crippen LogP contribution in [-0.2, 0) is 4.79 Å². The molecule has 3 amide bonds. The van der Waals surface area contributed by atoms with Gasteiger partial charge in [0.2, 0.25) is 5.91 Å². The van der Waals surface area contributed by atoms with Crippen LogP contribution in [0.1, 0.15) is 12.8 Å². The molecule has 0 aromatic heterocycles. The summed E-state index contributed by atoms with van der Waals surface area (Å²) in [5, 5.41) is 2.90. The fourth-order valence-electron chi connectivity index (χ4n) is 3.12. The molecule has 0 saturated carbocycles. The van der Waals surface area contributed by atoms with Crippen LogP contribution in [0.2, 0.25) is 0 Å². The van der Waals surface area contributed by atoms with Gasteiger partial charge in [0, 0.05) is 38.8 Å². The number of urea groups is 1. The summed E-state index contributed by atoms with van der Waals surface area (Å²) >= 11 is 0. The van der Waals surface area contributed by atoms with Gasteiger partial charge in [-0.25, -0.2) is 9.18 Å². The summed E-state index contributed by atoms with van der Waals surface area (Å²) in [7, 11) is 3.45. The summed E-state index contributed by atoms with van der Waals surface area (Å²) in [4.78, 5) is 27.8. The maximum Gasteiger partial charge on any atom is 0.319 e. The Balaban J connectivity index is 1.52. The Kier molecular flexibility index (Phi) is 6.13. The van der Waals surface area contributed by atoms with Crippen LogP contribution in [0, 0.1) is 11.7 Å². The first-order valence-corrected chi connectivity index (χ1v) is 9.23. The Morgan fingerprint density at radius 3 is 2.32 bits per heavy atom. The van der Waals surface area contributed by atoms with Gasteiger partial charge in [0.25, 0.3) is 0 Å². The summed E-state index contributed by atoms with van der Waals surface area (Å²) in [5.74, 6) is 0.0242. The summed E-state index contributed by atoms with van der Waals surface area (Å²) in [6.07, 6.45) is 1.28. The number of carbonyl (C=O) groups excluding carboxylic acids is 2. The van der Waals surface area contributed by atoms with E-state index in [0.717, 1.165) is 0 Å². The van der Waals surface area contributed by atoms with Gasteiger partial charge in [-0.15, -0.1) is 0 Å². The van der Waals surface area contributed by atoms with Gasteiger partial charge in [-0.2, -0.15) is 0 Å². The molecule has 0 atom stereocenters. The van der Waals surface area contributed by atoms with Crippen molar-refractivity contribution in [3.63, 3.8) is 0 Å². The normalized spacial score (nSPS) is 14.5. The molecule has 0 unspecified atom stereocenters. The molecular formula is C21H24FN3O3.